The number of rotatable bonds is 18. The first-order valence-electron chi connectivity index (χ1n) is 12.9. The van der Waals surface area contributed by atoms with Crippen molar-refractivity contribution < 1.29 is 57.0 Å². The van der Waals surface area contributed by atoms with Gasteiger partial charge in [0.15, 0.2) is 18.2 Å². The minimum Gasteiger partial charge on any atom is -0.479 e. The highest BCUT2D eigenvalue weighted by atomic mass is 16.8. The van der Waals surface area contributed by atoms with Crippen molar-refractivity contribution in [3.8, 4) is 12.3 Å². The van der Waals surface area contributed by atoms with Crippen LogP contribution in [0.4, 0.5) is 9.59 Å². The molecule has 1 amide bonds. The fourth-order valence-electron chi connectivity index (χ4n) is 3.79. The largest absolute Gasteiger partial charge is 0.508 e. The quantitative estimate of drug-likeness (QED) is 0.0390. The monoisotopic (exact) mass is 586 g/mol. The topological polar surface area (TPSA) is 208 Å². The van der Waals surface area contributed by atoms with E-state index in [0.29, 0.717) is 39.6 Å². The number of carbonyl (C=O) groups excluding carboxylic acids is 3. The third kappa shape index (κ3) is 12.1. The van der Waals surface area contributed by atoms with Gasteiger partial charge in [0.25, 0.3) is 0 Å². The van der Waals surface area contributed by atoms with Crippen LogP contribution in [-0.2, 0) is 47.4 Å². The van der Waals surface area contributed by atoms with Crippen LogP contribution in [0.15, 0.2) is 11.8 Å². The Morgan fingerprint density at radius 3 is 2.32 bits per heavy atom. The number of alkyl carbamates (subject to hydrolysis) is 1. The van der Waals surface area contributed by atoms with Crippen molar-refractivity contribution in [1.82, 2.24) is 10.6 Å². The number of guanidine groups is 1. The SMILES string of the molecule is C#CCOCCOCCOCCOCCNC(=O)O[C@@H]([C@@H]1OC(C(=O)OC)=C[C@H](NC(=N)N)[C@H]1C)[C@H]1COC(=O)O1. The summed E-state index contributed by atoms with van der Waals surface area (Å²) in [5.74, 6) is 0.515. The number of nitrogens with two attached hydrogens (primary N) is 1. The second-order valence-electron chi connectivity index (χ2n) is 8.66. The zero-order valence-corrected chi connectivity index (χ0v) is 23.1. The first kappa shape index (κ1) is 33.4. The molecule has 5 atom stereocenters. The highest BCUT2D eigenvalue weighted by Crippen LogP contribution is 2.31. The van der Waals surface area contributed by atoms with E-state index in [-0.39, 0.29) is 38.1 Å². The number of terminal acetylenes is 1. The number of amides is 1. The molecule has 41 heavy (non-hydrogen) atoms. The minimum absolute atomic E-state index is 0.107. The van der Waals surface area contributed by atoms with Crippen LogP contribution in [0.3, 0.4) is 0 Å². The van der Waals surface area contributed by atoms with Crippen LogP contribution in [0.5, 0.6) is 0 Å². The molecule has 0 aromatic rings. The van der Waals surface area contributed by atoms with Crippen LogP contribution in [0, 0.1) is 23.7 Å². The average molecular weight is 587 g/mol. The Labute approximate surface area is 237 Å². The highest BCUT2D eigenvalue weighted by Gasteiger charge is 2.48. The Hall–Kier alpha value is -3.78. The maximum Gasteiger partial charge on any atom is 0.508 e. The van der Waals surface area contributed by atoms with E-state index < -0.39 is 48.5 Å². The van der Waals surface area contributed by atoms with Crippen molar-refractivity contribution in [2.24, 2.45) is 11.7 Å². The van der Waals surface area contributed by atoms with Gasteiger partial charge in [0, 0.05) is 12.5 Å². The van der Waals surface area contributed by atoms with E-state index in [1.807, 2.05) is 0 Å². The summed E-state index contributed by atoms with van der Waals surface area (Å²) in [5, 5.41) is 12.8. The van der Waals surface area contributed by atoms with Gasteiger partial charge < -0.3 is 59.0 Å². The standard InChI is InChI=1S/C25H38N4O12/c1-4-6-34-8-10-36-12-13-37-11-9-35-7-5-28-24(31)41-21(19-15-38-25(32)40-19)20-16(2)17(29-23(26)27)14-18(39-20)22(30)33-3/h1,14,16-17,19-21H,5-13,15H2,2-3H3,(H,28,31)(H4,26,27,29)/t16-,17+,19-,20-,21-/m1/s1. The van der Waals surface area contributed by atoms with Gasteiger partial charge in [-0.3, -0.25) is 5.41 Å². The first-order chi connectivity index (χ1) is 19.8. The summed E-state index contributed by atoms with van der Waals surface area (Å²) in [4.78, 5) is 36.5. The molecule has 5 N–H and O–H groups in total. The Morgan fingerprint density at radius 2 is 1.76 bits per heavy atom. The lowest BCUT2D eigenvalue weighted by Crippen LogP contribution is -2.56. The fraction of sp³-hybridized carbons (Fsp3) is 0.680. The number of ether oxygens (including phenoxy) is 9. The lowest BCUT2D eigenvalue weighted by Gasteiger charge is -2.39. The number of cyclic esters (lactones) is 2. The Morgan fingerprint density at radius 1 is 1.12 bits per heavy atom. The summed E-state index contributed by atoms with van der Waals surface area (Å²) in [5.41, 5.74) is 5.49. The molecule has 0 aromatic heterocycles. The molecule has 1 fully saturated rings. The van der Waals surface area contributed by atoms with E-state index in [1.165, 1.54) is 13.2 Å². The van der Waals surface area contributed by atoms with Gasteiger partial charge in [-0.05, 0) is 6.08 Å². The molecular formula is C25H38N4O12. The molecule has 2 rings (SSSR count). The predicted molar refractivity (Wildman–Crippen MR) is 140 cm³/mol. The lowest BCUT2D eigenvalue weighted by atomic mass is 9.87. The van der Waals surface area contributed by atoms with E-state index in [2.05, 4.69) is 16.6 Å². The molecule has 2 aliphatic heterocycles. The zero-order valence-electron chi connectivity index (χ0n) is 23.1. The number of esters is 1. The Bertz CT molecular complexity index is 940. The molecule has 0 aromatic carbocycles. The minimum atomic E-state index is -1.19. The second-order valence-corrected chi connectivity index (χ2v) is 8.66. The predicted octanol–water partition coefficient (Wildman–Crippen LogP) is -0.740. The number of hydrogen-bond acceptors (Lipinski definition) is 13. The summed E-state index contributed by atoms with van der Waals surface area (Å²) < 4.78 is 47.4. The van der Waals surface area contributed by atoms with Crippen molar-refractivity contribution in [3.63, 3.8) is 0 Å². The van der Waals surface area contributed by atoms with Crippen molar-refractivity contribution >= 4 is 24.2 Å². The second kappa shape index (κ2) is 18.5. The molecule has 16 nitrogen and oxygen atoms in total. The summed E-state index contributed by atoms with van der Waals surface area (Å²) in [6, 6.07) is -0.664. The first-order valence-corrected chi connectivity index (χ1v) is 12.9. The number of hydrogen-bond donors (Lipinski definition) is 4. The molecule has 2 aliphatic rings. The van der Waals surface area contributed by atoms with E-state index in [1.54, 1.807) is 6.92 Å². The molecule has 2 heterocycles. The maximum absolute atomic E-state index is 12.6. The van der Waals surface area contributed by atoms with E-state index in [0.717, 1.165) is 0 Å². The Balaban J connectivity index is 1.80. The fourth-order valence-corrected chi connectivity index (χ4v) is 3.79. The highest BCUT2D eigenvalue weighted by molar-refractivity contribution is 5.86. The molecular weight excluding hydrogens is 548 g/mol. The molecule has 230 valence electrons. The van der Waals surface area contributed by atoms with E-state index in [4.69, 9.17) is 60.2 Å². The summed E-state index contributed by atoms with van der Waals surface area (Å²) in [6.45, 7) is 4.29. The molecule has 0 bridgehead atoms. The molecule has 0 unspecified atom stereocenters. The average Bonchev–Trinajstić information content (AvgIpc) is 3.38. The van der Waals surface area contributed by atoms with Crippen LogP contribution in [0.1, 0.15) is 6.92 Å². The van der Waals surface area contributed by atoms with Crippen LogP contribution >= 0.6 is 0 Å². The summed E-state index contributed by atoms with van der Waals surface area (Å²) in [7, 11) is 1.17. The smallest absolute Gasteiger partial charge is 0.479 e. The van der Waals surface area contributed by atoms with Crippen LogP contribution < -0.4 is 16.4 Å². The number of carbonyl (C=O) groups is 3. The number of nitrogens with one attached hydrogen (secondary N) is 3. The lowest BCUT2D eigenvalue weighted by molar-refractivity contribution is -0.148. The van der Waals surface area contributed by atoms with Gasteiger partial charge in [-0.1, -0.05) is 12.8 Å². The van der Waals surface area contributed by atoms with Gasteiger partial charge in [0.1, 0.15) is 19.3 Å². The van der Waals surface area contributed by atoms with Crippen molar-refractivity contribution in [2.75, 3.05) is 73.1 Å². The van der Waals surface area contributed by atoms with E-state index >= 15 is 0 Å². The maximum atomic E-state index is 12.6. The van der Waals surface area contributed by atoms with Crippen molar-refractivity contribution in [1.29, 1.82) is 5.41 Å². The van der Waals surface area contributed by atoms with Gasteiger partial charge in [0.2, 0.25) is 5.76 Å². The van der Waals surface area contributed by atoms with Gasteiger partial charge >= 0.3 is 18.2 Å². The van der Waals surface area contributed by atoms with Gasteiger partial charge in [-0.2, -0.15) is 0 Å². The third-order valence-electron chi connectivity index (χ3n) is 5.75. The van der Waals surface area contributed by atoms with E-state index in [9.17, 15) is 14.4 Å². The van der Waals surface area contributed by atoms with Gasteiger partial charge in [0.05, 0.1) is 59.4 Å². The molecule has 1 saturated heterocycles. The normalized spacial score (nSPS) is 22.2. The van der Waals surface area contributed by atoms with Crippen LogP contribution in [-0.4, -0.2) is 122 Å². The van der Waals surface area contributed by atoms with Crippen LogP contribution in [0.25, 0.3) is 0 Å². The van der Waals surface area contributed by atoms with Gasteiger partial charge in [-0.15, -0.1) is 6.42 Å². The van der Waals surface area contributed by atoms with Crippen molar-refractivity contribution in [2.45, 2.75) is 31.3 Å². The van der Waals surface area contributed by atoms with Crippen molar-refractivity contribution in [3.05, 3.63) is 11.8 Å². The Kier molecular flexibility index (Phi) is 15.1. The van der Waals surface area contributed by atoms with Crippen LogP contribution in [0.2, 0.25) is 0 Å². The molecule has 0 radical (unpaired) electrons. The zero-order chi connectivity index (χ0) is 30.0. The summed E-state index contributed by atoms with van der Waals surface area (Å²) in [6.07, 6.45) is 1.47. The molecule has 0 aliphatic carbocycles. The number of methoxy groups -OCH3 is 1. The third-order valence-corrected chi connectivity index (χ3v) is 5.75. The molecule has 0 saturated carbocycles. The van der Waals surface area contributed by atoms with Gasteiger partial charge in [-0.25, -0.2) is 14.4 Å². The molecule has 0 spiro atoms. The summed E-state index contributed by atoms with van der Waals surface area (Å²) >= 11 is 0. The molecule has 16 heteroatoms.